The molecule has 0 saturated heterocycles. The molecule has 1 aliphatic rings. The van der Waals surface area contributed by atoms with Crippen molar-refractivity contribution in [1.29, 1.82) is 0 Å². The van der Waals surface area contributed by atoms with Crippen LogP contribution in [-0.2, 0) is 10.2 Å². The number of hydrogen-bond acceptors (Lipinski definition) is 2. The summed E-state index contributed by atoms with van der Waals surface area (Å²) in [4.78, 5) is 12.4. The van der Waals surface area contributed by atoms with E-state index >= 15 is 0 Å². The van der Waals surface area contributed by atoms with Gasteiger partial charge in [-0.2, -0.15) is 0 Å². The van der Waals surface area contributed by atoms with Crippen LogP contribution in [0.25, 0.3) is 0 Å². The number of methoxy groups -OCH3 is 1. The van der Waals surface area contributed by atoms with E-state index in [1.54, 1.807) is 13.2 Å². The van der Waals surface area contributed by atoms with E-state index in [2.05, 4.69) is 6.92 Å². The number of rotatable bonds is 3. The van der Waals surface area contributed by atoms with Crippen LogP contribution in [0, 0.1) is 17.7 Å². The van der Waals surface area contributed by atoms with Crippen molar-refractivity contribution in [1.82, 2.24) is 0 Å². The van der Waals surface area contributed by atoms with E-state index < -0.39 is 5.41 Å². The van der Waals surface area contributed by atoms with Crippen LogP contribution < -0.4 is 4.74 Å². The predicted molar refractivity (Wildman–Crippen MR) is 77.5 cm³/mol. The van der Waals surface area contributed by atoms with E-state index in [0.717, 1.165) is 18.4 Å². The second-order valence-corrected chi connectivity index (χ2v) is 6.47. The van der Waals surface area contributed by atoms with Gasteiger partial charge in [0.1, 0.15) is 17.3 Å². The van der Waals surface area contributed by atoms with Gasteiger partial charge in [-0.15, -0.1) is 0 Å². The minimum absolute atomic E-state index is 0.0607. The van der Waals surface area contributed by atoms with Crippen LogP contribution in [0.5, 0.6) is 5.75 Å². The van der Waals surface area contributed by atoms with E-state index in [0.29, 0.717) is 23.9 Å². The Morgan fingerprint density at radius 2 is 2.00 bits per heavy atom. The fourth-order valence-electron chi connectivity index (χ4n) is 3.33. The molecule has 1 aromatic rings. The van der Waals surface area contributed by atoms with Crippen molar-refractivity contribution in [2.75, 3.05) is 7.11 Å². The van der Waals surface area contributed by atoms with Crippen molar-refractivity contribution in [3.05, 3.63) is 29.6 Å². The Labute approximate surface area is 120 Å². The average Bonchev–Trinajstić information content (AvgIpc) is 2.38. The van der Waals surface area contributed by atoms with Gasteiger partial charge in [-0.25, -0.2) is 4.39 Å². The molecule has 0 heterocycles. The summed E-state index contributed by atoms with van der Waals surface area (Å²) in [5.41, 5.74) is 0.373. The van der Waals surface area contributed by atoms with Crippen molar-refractivity contribution >= 4 is 5.78 Å². The minimum atomic E-state index is -0.412. The SMILES string of the molecule is COc1ccc(F)cc1C(C)(C)C1CCC(C)CC1=O. The maximum absolute atomic E-state index is 13.6. The second-order valence-electron chi connectivity index (χ2n) is 6.47. The summed E-state index contributed by atoms with van der Waals surface area (Å²) >= 11 is 0. The molecule has 1 saturated carbocycles. The molecule has 1 aliphatic carbocycles. The van der Waals surface area contributed by atoms with Crippen LogP contribution in [0.1, 0.15) is 45.6 Å². The molecule has 2 nitrogen and oxygen atoms in total. The maximum Gasteiger partial charge on any atom is 0.137 e. The molecule has 0 radical (unpaired) electrons. The third-order valence-corrected chi connectivity index (χ3v) is 4.61. The lowest BCUT2D eigenvalue weighted by Gasteiger charge is -2.38. The zero-order valence-corrected chi connectivity index (χ0v) is 12.7. The summed E-state index contributed by atoms with van der Waals surface area (Å²) in [5.74, 6) is 1.06. The molecule has 20 heavy (non-hydrogen) atoms. The molecule has 2 rings (SSSR count). The molecule has 3 heteroatoms. The van der Waals surface area contributed by atoms with Crippen molar-refractivity contribution in [2.24, 2.45) is 11.8 Å². The lowest BCUT2D eigenvalue weighted by Crippen LogP contribution is -2.38. The summed E-state index contributed by atoms with van der Waals surface area (Å²) in [5, 5.41) is 0. The average molecular weight is 278 g/mol. The van der Waals surface area contributed by atoms with E-state index in [1.807, 2.05) is 13.8 Å². The predicted octanol–water partition coefficient (Wildman–Crippen LogP) is 4.12. The topological polar surface area (TPSA) is 26.3 Å². The number of hydrogen-bond donors (Lipinski definition) is 0. The smallest absolute Gasteiger partial charge is 0.137 e. The zero-order valence-electron chi connectivity index (χ0n) is 12.7. The molecule has 2 atom stereocenters. The molecule has 0 aromatic heterocycles. The Kier molecular flexibility index (Phi) is 4.17. The van der Waals surface area contributed by atoms with Gasteiger partial charge in [0.25, 0.3) is 0 Å². The van der Waals surface area contributed by atoms with Crippen molar-refractivity contribution in [3.63, 3.8) is 0 Å². The molecular weight excluding hydrogens is 255 g/mol. The van der Waals surface area contributed by atoms with E-state index in [9.17, 15) is 9.18 Å². The first-order chi connectivity index (χ1) is 9.36. The van der Waals surface area contributed by atoms with E-state index in [-0.39, 0.29) is 11.7 Å². The Morgan fingerprint density at radius 3 is 2.60 bits per heavy atom. The number of Topliss-reactive ketones (excluding diaryl/α,β-unsaturated/α-hetero) is 1. The molecule has 0 bridgehead atoms. The van der Waals surface area contributed by atoms with E-state index in [4.69, 9.17) is 4.74 Å². The van der Waals surface area contributed by atoms with Gasteiger partial charge >= 0.3 is 0 Å². The van der Waals surface area contributed by atoms with Gasteiger partial charge in [0, 0.05) is 23.3 Å². The standard InChI is InChI=1S/C17H23FO2/c1-11-5-7-13(15(19)9-11)17(2,3)14-10-12(18)6-8-16(14)20-4/h6,8,10-11,13H,5,7,9H2,1-4H3. The van der Waals surface area contributed by atoms with Crippen LogP contribution in [0.4, 0.5) is 4.39 Å². The number of carbonyl (C=O) groups excluding carboxylic acids is 1. The summed E-state index contributed by atoms with van der Waals surface area (Å²) in [6, 6.07) is 4.54. The molecule has 2 unspecified atom stereocenters. The third-order valence-electron chi connectivity index (χ3n) is 4.61. The highest BCUT2D eigenvalue weighted by Crippen LogP contribution is 2.43. The van der Waals surface area contributed by atoms with Crippen LogP contribution in [0.2, 0.25) is 0 Å². The van der Waals surface area contributed by atoms with Gasteiger partial charge in [-0.3, -0.25) is 4.79 Å². The normalized spacial score (nSPS) is 23.8. The first kappa shape index (κ1) is 15.0. The Hall–Kier alpha value is -1.38. The summed E-state index contributed by atoms with van der Waals surface area (Å²) in [6.07, 6.45) is 2.55. The van der Waals surface area contributed by atoms with Crippen LogP contribution in [-0.4, -0.2) is 12.9 Å². The lowest BCUT2D eigenvalue weighted by atomic mass is 9.65. The van der Waals surface area contributed by atoms with E-state index in [1.165, 1.54) is 12.1 Å². The second kappa shape index (κ2) is 5.55. The Bertz CT molecular complexity index is 508. The number of ether oxygens (including phenoxy) is 1. The highest BCUT2D eigenvalue weighted by molar-refractivity contribution is 5.83. The van der Waals surface area contributed by atoms with Crippen molar-refractivity contribution in [3.8, 4) is 5.75 Å². The van der Waals surface area contributed by atoms with Crippen molar-refractivity contribution < 1.29 is 13.9 Å². The quantitative estimate of drug-likeness (QED) is 0.831. The van der Waals surface area contributed by atoms with Gasteiger partial charge in [-0.05, 0) is 37.0 Å². The number of benzene rings is 1. The Morgan fingerprint density at radius 1 is 1.30 bits per heavy atom. The van der Waals surface area contributed by atoms with Gasteiger partial charge in [0.15, 0.2) is 0 Å². The molecule has 0 spiro atoms. The number of ketones is 1. The molecule has 0 N–H and O–H groups in total. The highest BCUT2D eigenvalue weighted by Gasteiger charge is 2.40. The van der Waals surface area contributed by atoms with Crippen LogP contribution >= 0.6 is 0 Å². The van der Waals surface area contributed by atoms with Gasteiger partial charge in [-0.1, -0.05) is 20.8 Å². The highest BCUT2D eigenvalue weighted by atomic mass is 19.1. The van der Waals surface area contributed by atoms with Crippen molar-refractivity contribution in [2.45, 2.75) is 45.4 Å². The first-order valence-electron chi connectivity index (χ1n) is 7.23. The zero-order chi connectivity index (χ0) is 14.9. The molecular formula is C17H23FO2. The fourth-order valence-corrected chi connectivity index (χ4v) is 3.33. The summed E-state index contributed by atoms with van der Waals surface area (Å²) < 4.78 is 19.0. The molecule has 0 amide bonds. The summed E-state index contributed by atoms with van der Waals surface area (Å²) in [7, 11) is 1.58. The number of carbonyl (C=O) groups is 1. The number of halogens is 1. The molecule has 0 aliphatic heterocycles. The van der Waals surface area contributed by atoms with Gasteiger partial charge < -0.3 is 4.74 Å². The molecule has 1 aromatic carbocycles. The lowest BCUT2D eigenvalue weighted by molar-refractivity contribution is -0.128. The van der Waals surface area contributed by atoms with Crippen LogP contribution in [0.3, 0.4) is 0 Å². The Balaban J connectivity index is 2.39. The van der Waals surface area contributed by atoms with Gasteiger partial charge in [0.2, 0.25) is 0 Å². The minimum Gasteiger partial charge on any atom is -0.496 e. The maximum atomic E-state index is 13.6. The molecule has 110 valence electrons. The summed E-state index contributed by atoms with van der Waals surface area (Å²) in [6.45, 7) is 6.15. The molecule has 1 fully saturated rings. The van der Waals surface area contributed by atoms with Gasteiger partial charge in [0.05, 0.1) is 7.11 Å². The first-order valence-corrected chi connectivity index (χ1v) is 7.23. The fraction of sp³-hybridized carbons (Fsp3) is 0.588. The largest absolute Gasteiger partial charge is 0.496 e. The van der Waals surface area contributed by atoms with Crippen LogP contribution in [0.15, 0.2) is 18.2 Å². The third kappa shape index (κ3) is 2.72. The monoisotopic (exact) mass is 278 g/mol.